The van der Waals surface area contributed by atoms with Crippen molar-refractivity contribution in [2.75, 3.05) is 15.9 Å². The molecule has 3 rings (SSSR count). The van der Waals surface area contributed by atoms with Gasteiger partial charge in [-0.2, -0.15) is 0 Å². The quantitative estimate of drug-likeness (QED) is 0.602. The molecule has 3 aromatic carbocycles. The number of nitrogens with zero attached hydrogens (tertiary/aromatic N) is 1. The molecule has 3 aromatic rings. The van der Waals surface area contributed by atoms with Crippen LogP contribution in [0.3, 0.4) is 0 Å². The van der Waals surface area contributed by atoms with Crippen LogP contribution in [-0.2, 0) is 14.8 Å². The molecule has 156 valence electrons. The van der Waals surface area contributed by atoms with Crippen LogP contribution in [0.15, 0.2) is 78.9 Å². The van der Waals surface area contributed by atoms with Crippen LogP contribution in [0.25, 0.3) is 0 Å². The van der Waals surface area contributed by atoms with Gasteiger partial charge in [-0.25, -0.2) is 8.42 Å². The summed E-state index contributed by atoms with van der Waals surface area (Å²) in [4.78, 5) is 12.8. The molecule has 0 saturated carbocycles. The number of carbonyl (C=O) groups excluding carboxylic acids is 1. The van der Waals surface area contributed by atoms with Gasteiger partial charge in [0, 0.05) is 5.69 Å². The van der Waals surface area contributed by atoms with Crippen molar-refractivity contribution in [3.8, 4) is 11.5 Å². The van der Waals surface area contributed by atoms with E-state index >= 15 is 0 Å². The molecule has 0 spiro atoms. The molecule has 0 saturated heterocycles. The molecule has 0 aliphatic carbocycles. The maximum atomic E-state index is 12.8. The van der Waals surface area contributed by atoms with E-state index in [0.29, 0.717) is 22.9 Å². The van der Waals surface area contributed by atoms with Crippen molar-refractivity contribution in [2.45, 2.75) is 19.9 Å². The summed E-state index contributed by atoms with van der Waals surface area (Å²) in [5.74, 6) is 0.910. The normalized spacial score (nSPS) is 12.1. The van der Waals surface area contributed by atoms with Gasteiger partial charge in [-0.1, -0.05) is 30.3 Å². The average Bonchev–Trinajstić information content (AvgIpc) is 2.69. The van der Waals surface area contributed by atoms with Crippen molar-refractivity contribution in [2.24, 2.45) is 0 Å². The maximum absolute atomic E-state index is 12.8. The smallest absolute Gasteiger partial charge is 0.247 e. The Hall–Kier alpha value is -3.32. The summed E-state index contributed by atoms with van der Waals surface area (Å²) < 4.78 is 31.6. The summed E-state index contributed by atoms with van der Waals surface area (Å²) in [6.45, 7) is 3.43. The van der Waals surface area contributed by atoms with Crippen LogP contribution < -0.4 is 14.4 Å². The molecular weight excluding hydrogens is 400 g/mol. The molecule has 0 aliphatic heterocycles. The summed E-state index contributed by atoms with van der Waals surface area (Å²) >= 11 is 0. The number of ether oxygens (including phenoxy) is 1. The lowest BCUT2D eigenvalue weighted by atomic mass is 10.2. The van der Waals surface area contributed by atoms with E-state index in [2.05, 4.69) is 5.32 Å². The zero-order valence-corrected chi connectivity index (χ0v) is 17.9. The van der Waals surface area contributed by atoms with Gasteiger partial charge in [0.2, 0.25) is 15.9 Å². The molecule has 1 atom stereocenters. The minimum Gasteiger partial charge on any atom is -0.457 e. The Morgan fingerprint density at radius 2 is 1.57 bits per heavy atom. The largest absolute Gasteiger partial charge is 0.457 e. The van der Waals surface area contributed by atoms with Gasteiger partial charge in [0.1, 0.15) is 17.5 Å². The second-order valence-corrected chi connectivity index (χ2v) is 8.86. The van der Waals surface area contributed by atoms with Crippen LogP contribution in [0.4, 0.5) is 11.4 Å². The van der Waals surface area contributed by atoms with E-state index in [0.717, 1.165) is 16.1 Å². The van der Waals surface area contributed by atoms with Crippen molar-refractivity contribution in [3.05, 3.63) is 84.4 Å². The standard InChI is InChI=1S/C23H24N2O4S/c1-17-8-7-9-20(16-17)25(30(3,27)28)18(2)23(26)24-19-12-14-22(15-13-19)29-21-10-5-4-6-11-21/h4-16,18H,1-3H3,(H,24,26)/t18-/m1/s1. The topological polar surface area (TPSA) is 75.7 Å². The number of anilines is 2. The Morgan fingerprint density at radius 1 is 0.933 bits per heavy atom. The molecule has 0 aromatic heterocycles. The highest BCUT2D eigenvalue weighted by molar-refractivity contribution is 7.92. The molecule has 0 radical (unpaired) electrons. The first kappa shape index (κ1) is 21.4. The SMILES string of the molecule is Cc1cccc(N([C@H](C)C(=O)Nc2ccc(Oc3ccccc3)cc2)S(C)(=O)=O)c1. The minimum absolute atomic E-state index is 0.432. The molecule has 0 bridgehead atoms. The first-order valence-electron chi connectivity index (χ1n) is 9.44. The number of hydrogen-bond donors (Lipinski definition) is 1. The Kier molecular flexibility index (Phi) is 6.42. The Morgan fingerprint density at radius 3 is 2.17 bits per heavy atom. The summed E-state index contributed by atoms with van der Waals surface area (Å²) in [5.41, 5.74) is 1.90. The number of hydrogen-bond acceptors (Lipinski definition) is 4. The van der Waals surface area contributed by atoms with Gasteiger partial charge in [-0.05, 0) is 67.9 Å². The number of sulfonamides is 1. The second-order valence-electron chi connectivity index (χ2n) is 7.00. The Labute approximate surface area is 177 Å². The van der Waals surface area contributed by atoms with E-state index in [1.165, 1.54) is 0 Å². The maximum Gasteiger partial charge on any atom is 0.247 e. The van der Waals surface area contributed by atoms with Gasteiger partial charge in [0.05, 0.1) is 11.9 Å². The summed E-state index contributed by atoms with van der Waals surface area (Å²) in [6, 6.07) is 22.4. The second kappa shape index (κ2) is 9.00. The van der Waals surface area contributed by atoms with Gasteiger partial charge < -0.3 is 10.1 Å². The molecule has 0 aliphatic rings. The number of aryl methyl sites for hydroxylation is 1. The van der Waals surface area contributed by atoms with Crippen molar-refractivity contribution in [1.29, 1.82) is 0 Å². The first-order chi connectivity index (χ1) is 14.2. The van der Waals surface area contributed by atoms with E-state index in [1.54, 1.807) is 49.4 Å². The van der Waals surface area contributed by atoms with E-state index in [-0.39, 0.29) is 0 Å². The Bertz CT molecular complexity index is 1110. The highest BCUT2D eigenvalue weighted by Gasteiger charge is 2.29. The van der Waals surface area contributed by atoms with Crippen molar-refractivity contribution in [3.63, 3.8) is 0 Å². The number of carbonyl (C=O) groups is 1. The number of para-hydroxylation sites is 1. The van der Waals surface area contributed by atoms with Crippen molar-refractivity contribution in [1.82, 2.24) is 0 Å². The zero-order chi connectivity index (χ0) is 21.7. The van der Waals surface area contributed by atoms with Crippen LogP contribution in [0.2, 0.25) is 0 Å². The third-order valence-electron chi connectivity index (χ3n) is 4.45. The summed E-state index contributed by atoms with van der Waals surface area (Å²) in [7, 11) is -3.66. The molecule has 0 fully saturated rings. The van der Waals surface area contributed by atoms with E-state index in [1.807, 2.05) is 43.3 Å². The Balaban J connectivity index is 1.73. The van der Waals surface area contributed by atoms with E-state index in [9.17, 15) is 13.2 Å². The number of rotatable bonds is 7. The fraction of sp³-hybridized carbons (Fsp3) is 0.174. The molecule has 30 heavy (non-hydrogen) atoms. The monoisotopic (exact) mass is 424 g/mol. The van der Waals surface area contributed by atoms with Gasteiger partial charge in [0.15, 0.2) is 0 Å². The predicted molar refractivity (Wildman–Crippen MR) is 120 cm³/mol. The van der Waals surface area contributed by atoms with Gasteiger partial charge in [-0.3, -0.25) is 9.10 Å². The third-order valence-corrected chi connectivity index (χ3v) is 5.69. The molecule has 7 heteroatoms. The average molecular weight is 425 g/mol. The van der Waals surface area contributed by atoms with Crippen LogP contribution in [-0.4, -0.2) is 26.6 Å². The van der Waals surface area contributed by atoms with Crippen LogP contribution in [0.1, 0.15) is 12.5 Å². The molecule has 0 heterocycles. The molecule has 0 unspecified atom stereocenters. The van der Waals surface area contributed by atoms with Crippen LogP contribution in [0, 0.1) is 6.92 Å². The number of amides is 1. The van der Waals surface area contributed by atoms with Crippen LogP contribution in [0.5, 0.6) is 11.5 Å². The first-order valence-corrected chi connectivity index (χ1v) is 11.3. The summed E-state index contributed by atoms with van der Waals surface area (Å²) in [5, 5.41) is 2.77. The van der Waals surface area contributed by atoms with Gasteiger partial charge in [-0.15, -0.1) is 0 Å². The lowest BCUT2D eigenvalue weighted by molar-refractivity contribution is -0.116. The number of benzene rings is 3. The van der Waals surface area contributed by atoms with E-state index in [4.69, 9.17) is 4.74 Å². The predicted octanol–water partition coefficient (Wildman–Crippen LogP) is 4.58. The lowest BCUT2D eigenvalue weighted by Gasteiger charge is -2.28. The number of nitrogens with one attached hydrogen (secondary N) is 1. The molecule has 1 N–H and O–H groups in total. The van der Waals surface area contributed by atoms with Gasteiger partial charge in [0.25, 0.3) is 0 Å². The molecule has 6 nitrogen and oxygen atoms in total. The van der Waals surface area contributed by atoms with Crippen LogP contribution >= 0.6 is 0 Å². The lowest BCUT2D eigenvalue weighted by Crippen LogP contribution is -2.45. The molecule has 1 amide bonds. The van der Waals surface area contributed by atoms with Crippen molar-refractivity contribution >= 4 is 27.3 Å². The van der Waals surface area contributed by atoms with Crippen molar-refractivity contribution < 1.29 is 17.9 Å². The highest BCUT2D eigenvalue weighted by Crippen LogP contribution is 2.25. The van der Waals surface area contributed by atoms with Gasteiger partial charge >= 0.3 is 0 Å². The van der Waals surface area contributed by atoms with E-state index < -0.39 is 22.0 Å². The fourth-order valence-corrected chi connectivity index (χ4v) is 4.22. The third kappa shape index (κ3) is 5.39. The molecular formula is C23H24N2O4S. The fourth-order valence-electron chi connectivity index (χ4n) is 3.05. The summed E-state index contributed by atoms with van der Waals surface area (Å²) in [6.07, 6.45) is 1.09. The minimum atomic E-state index is -3.66. The zero-order valence-electron chi connectivity index (χ0n) is 17.1. The highest BCUT2D eigenvalue weighted by atomic mass is 32.2.